The molecule has 102 valence electrons. The van der Waals surface area contributed by atoms with Crippen LogP contribution in [-0.4, -0.2) is 51.0 Å². The molecule has 1 aromatic heterocycles. The molecule has 7 nitrogen and oxygen atoms in total. The monoisotopic (exact) mass is 274 g/mol. The number of ether oxygens (including phenoxy) is 1. The predicted molar refractivity (Wildman–Crippen MR) is 65.6 cm³/mol. The minimum absolute atomic E-state index is 0.0735. The van der Waals surface area contributed by atoms with Crippen LogP contribution in [0.4, 0.5) is 0 Å². The van der Waals surface area contributed by atoms with E-state index in [1.807, 2.05) is 0 Å². The van der Waals surface area contributed by atoms with Crippen molar-refractivity contribution in [2.75, 3.05) is 26.2 Å². The lowest BCUT2D eigenvalue weighted by Gasteiger charge is -2.22. The Balaban J connectivity index is 1.69. The number of aromatic amines is 1. The van der Waals surface area contributed by atoms with Crippen molar-refractivity contribution in [3.8, 4) is 0 Å². The standard InChI is InChI=1S/C10H18N4O3S/c15-18(16,10-3-6-12-14-10)13-7-8-17-9-1-4-11-5-2-9/h3,6,9,11,13H,1-2,4-5,7-8H2,(H,12,14). The quantitative estimate of drug-likeness (QED) is 0.605. The molecule has 1 aliphatic rings. The summed E-state index contributed by atoms with van der Waals surface area (Å²) in [4.78, 5) is 0. The number of hydrogen-bond acceptors (Lipinski definition) is 5. The number of sulfonamides is 1. The molecule has 0 spiro atoms. The molecule has 2 heterocycles. The number of nitrogens with one attached hydrogen (secondary N) is 3. The van der Waals surface area contributed by atoms with Crippen molar-refractivity contribution in [2.24, 2.45) is 0 Å². The Morgan fingerprint density at radius 3 is 2.89 bits per heavy atom. The van der Waals surface area contributed by atoms with Crippen LogP contribution >= 0.6 is 0 Å². The van der Waals surface area contributed by atoms with Crippen LogP contribution in [0.25, 0.3) is 0 Å². The van der Waals surface area contributed by atoms with Gasteiger partial charge in [-0.05, 0) is 32.0 Å². The third-order valence-corrected chi connectivity index (χ3v) is 4.19. The smallest absolute Gasteiger partial charge is 0.257 e. The second kappa shape index (κ2) is 6.28. The molecule has 0 aliphatic carbocycles. The van der Waals surface area contributed by atoms with E-state index in [-0.39, 0.29) is 17.7 Å². The van der Waals surface area contributed by atoms with Crippen LogP contribution in [0.2, 0.25) is 0 Å². The molecule has 3 N–H and O–H groups in total. The molecule has 0 radical (unpaired) electrons. The van der Waals surface area contributed by atoms with E-state index in [1.54, 1.807) is 0 Å². The highest BCUT2D eigenvalue weighted by molar-refractivity contribution is 7.89. The summed E-state index contributed by atoms with van der Waals surface area (Å²) in [6.07, 6.45) is 3.60. The molecule has 0 unspecified atom stereocenters. The zero-order valence-corrected chi connectivity index (χ0v) is 10.9. The second-order valence-corrected chi connectivity index (χ2v) is 5.87. The minimum atomic E-state index is -3.48. The summed E-state index contributed by atoms with van der Waals surface area (Å²) in [5.74, 6) is 0. The Hall–Kier alpha value is -0.960. The predicted octanol–water partition coefficient (Wildman–Crippen LogP) is -0.543. The van der Waals surface area contributed by atoms with Crippen molar-refractivity contribution >= 4 is 10.0 Å². The van der Waals surface area contributed by atoms with Gasteiger partial charge in [-0.3, -0.25) is 5.10 Å². The molecule has 0 aromatic carbocycles. The van der Waals surface area contributed by atoms with E-state index in [0.717, 1.165) is 25.9 Å². The zero-order chi connectivity index (χ0) is 12.8. The summed E-state index contributed by atoms with van der Waals surface area (Å²) < 4.78 is 31.5. The third-order valence-electron chi connectivity index (χ3n) is 2.80. The molecule has 0 atom stereocenters. The van der Waals surface area contributed by atoms with Gasteiger partial charge in [0, 0.05) is 6.54 Å². The van der Waals surface area contributed by atoms with Gasteiger partial charge in [0.15, 0.2) is 5.03 Å². The Labute approximate surface area is 106 Å². The number of piperidine rings is 1. The second-order valence-electron chi connectivity index (χ2n) is 4.14. The van der Waals surface area contributed by atoms with Gasteiger partial charge in [-0.25, -0.2) is 13.1 Å². The number of hydrogen-bond donors (Lipinski definition) is 3. The van der Waals surface area contributed by atoms with Crippen LogP contribution in [0.5, 0.6) is 0 Å². The summed E-state index contributed by atoms with van der Waals surface area (Å²) in [5.41, 5.74) is 0. The van der Waals surface area contributed by atoms with Gasteiger partial charge in [0.2, 0.25) is 0 Å². The van der Waals surface area contributed by atoms with Crippen molar-refractivity contribution in [1.82, 2.24) is 20.2 Å². The average Bonchev–Trinajstić information content (AvgIpc) is 2.91. The Kier molecular flexibility index (Phi) is 4.70. The van der Waals surface area contributed by atoms with Crippen LogP contribution in [0.3, 0.4) is 0 Å². The molecule has 8 heteroatoms. The van der Waals surface area contributed by atoms with Gasteiger partial charge < -0.3 is 10.1 Å². The van der Waals surface area contributed by atoms with E-state index in [4.69, 9.17) is 4.74 Å². The highest BCUT2D eigenvalue weighted by Gasteiger charge is 2.16. The summed E-state index contributed by atoms with van der Waals surface area (Å²) in [6, 6.07) is 1.41. The van der Waals surface area contributed by atoms with Gasteiger partial charge in [-0.2, -0.15) is 5.10 Å². The van der Waals surface area contributed by atoms with E-state index in [9.17, 15) is 8.42 Å². The van der Waals surface area contributed by atoms with Crippen molar-refractivity contribution < 1.29 is 13.2 Å². The maximum absolute atomic E-state index is 11.7. The van der Waals surface area contributed by atoms with Gasteiger partial charge in [-0.1, -0.05) is 0 Å². The largest absolute Gasteiger partial charge is 0.377 e. The summed E-state index contributed by atoms with van der Waals surface area (Å²) >= 11 is 0. The minimum Gasteiger partial charge on any atom is -0.377 e. The topological polar surface area (TPSA) is 96.1 Å². The van der Waals surface area contributed by atoms with E-state index in [1.165, 1.54) is 12.3 Å². The normalized spacial score (nSPS) is 18.0. The maximum atomic E-state index is 11.7. The highest BCUT2D eigenvalue weighted by atomic mass is 32.2. The van der Waals surface area contributed by atoms with E-state index in [0.29, 0.717) is 6.61 Å². The van der Waals surface area contributed by atoms with Crippen LogP contribution in [0.15, 0.2) is 17.3 Å². The number of aromatic nitrogens is 2. The number of rotatable bonds is 6. The van der Waals surface area contributed by atoms with Crippen molar-refractivity contribution in [2.45, 2.75) is 24.0 Å². The van der Waals surface area contributed by atoms with Crippen molar-refractivity contribution in [3.63, 3.8) is 0 Å². The number of H-pyrrole nitrogens is 1. The first-order valence-electron chi connectivity index (χ1n) is 6.00. The van der Waals surface area contributed by atoms with E-state index in [2.05, 4.69) is 20.2 Å². The molecule has 2 rings (SSSR count). The van der Waals surface area contributed by atoms with E-state index >= 15 is 0 Å². The molecular weight excluding hydrogens is 256 g/mol. The first-order valence-corrected chi connectivity index (χ1v) is 7.48. The zero-order valence-electron chi connectivity index (χ0n) is 10.1. The molecule has 0 bridgehead atoms. The van der Waals surface area contributed by atoms with Gasteiger partial charge in [0.05, 0.1) is 18.9 Å². The Bertz CT molecular complexity index is 440. The van der Waals surface area contributed by atoms with Crippen LogP contribution in [-0.2, 0) is 14.8 Å². The number of nitrogens with zero attached hydrogens (tertiary/aromatic N) is 1. The van der Waals surface area contributed by atoms with Crippen molar-refractivity contribution in [3.05, 3.63) is 12.3 Å². The molecule has 0 saturated carbocycles. The molecule has 1 fully saturated rings. The lowest BCUT2D eigenvalue weighted by molar-refractivity contribution is 0.0366. The lowest BCUT2D eigenvalue weighted by atomic mass is 10.1. The third kappa shape index (κ3) is 3.77. The fourth-order valence-electron chi connectivity index (χ4n) is 1.83. The van der Waals surface area contributed by atoms with Gasteiger partial charge in [0.25, 0.3) is 10.0 Å². The first-order chi connectivity index (χ1) is 8.68. The average molecular weight is 274 g/mol. The molecule has 1 aromatic rings. The molecule has 1 aliphatic heterocycles. The maximum Gasteiger partial charge on any atom is 0.257 e. The van der Waals surface area contributed by atoms with E-state index < -0.39 is 10.0 Å². The SMILES string of the molecule is O=S(=O)(NCCOC1CCNCC1)c1ccn[nH]1. The Morgan fingerprint density at radius 1 is 1.44 bits per heavy atom. The Morgan fingerprint density at radius 2 is 2.22 bits per heavy atom. The highest BCUT2D eigenvalue weighted by Crippen LogP contribution is 2.06. The summed E-state index contributed by atoms with van der Waals surface area (Å²) in [7, 11) is -3.48. The van der Waals surface area contributed by atoms with Crippen molar-refractivity contribution in [1.29, 1.82) is 0 Å². The van der Waals surface area contributed by atoms with Gasteiger partial charge in [-0.15, -0.1) is 0 Å². The fourth-order valence-corrected chi connectivity index (χ4v) is 2.75. The van der Waals surface area contributed by atoms with Gasteiger partial charge >= 0.3 is 0 Å². The molecule has 0 amide bonds. The van der Waals surface area contributed by atoms with Crippen LogP contribution < -0.4 is 10.0 Å². The summed E-state index contributed by atoms with van der Waals surface area (Å²) in [6.45, 7) is 2.58. The molecular formula is C10H18N4O3S. The van der Waals surface area contributed by atoms with Crippen LogP contribution in [0, 0.1) is 0 Å². The van der Waals surface area contributed by atoms with Crippen LogP contribution in [0.1, 0.15) is 12.8 Å². The fraction of sp³-hybridized carbons (Fsp3) is 0.700. The van der Waals surface area contributed by atoms with Gasteiger partial charge in [0.1, 0.15) is 0 Å². The first kappa shape index (κ1) is 13.5. The molecule has 1 saturated heterocycles. The molecule has 18 heavy (non-hydrogen) atoms. The summed E-state index contributed by atoms with van der Waals surface area (Å²) in [5, 5.41) is 9.34. The lowest BCUT2D eigenvalue weighted by Crippen LogP contribution is -2.34.